The van der Waals surface area contributed by atoms with Crippen molar-refractivity contribution in [3.63, 3.8) is 0 Å². The third-order valence-electron chi connectivity index (χ3n) is 5.25. The van der Waals surface area contributed by atoms with Gasteiger partial charge in [0.15, 0.2) is 5.78 Å². The monoisotopic (exact) mass is 433 g/mol. The first-order chi connectivity index (χ1) is 15.1. The smallest absolute Gasteiger partial charge is 0.166 e. The summed E-state index contributed by atoms with van der Waals surface area (Å²) in [6.07, 6.45) is 9.84. The van der Waals surface area contributed by atoms with Crippen LogP contribution in [-0.4, -0.2) is 41.4 Å². The average Bonchev–Trinajstić information content (AvgIpc) is 3.49. The zero-order valence-electron chi connectivity index (χ0n) is 16.9. The second-order valence-corrected chi connectivity index (χ2v) is 7.74. The highest BCUT2D eigenvalue weighted by molar-refractivity contribution is 6.30. The molecule has 0 unspecified atom stereocenters. The summed E-state index contributed by atoms with van der Waals surface area (Å²) < 4.78 is 5.63. The molecule has 0 spiro atoms. The van der Waals surface area contributed by atoms with Crippen molar-refractivity contribution in [2.24, 2.45) is 0 Å². The van der Waals surface area contributed by atoms with Crippen LogP contribution < -0.4 is 5.32 Å². The van der Waals surface area contributed by atoms with Crippen LogP contribution in [0.1, 0.15) is 28.2 Å². The van der Waals surface area contributed by atoms with Gasteiger partial charge in [0.05, 0.1) is 41.5 Å². The van der Waals surface area contributed by atoms with Crippen LogP contribution in [0.5, 0.6) is 0 Å². The van der Waals surface area contributed by atoms with Crippen molar-refractivity contribution in [3.05, 3.63) is 83.4 Å². The molecule has 0 fully saturated rings. The highest BCUT2D eigenvalue weighted by Crippen LogP contribution is 2.18. The lowest BCUT2D eigenvalue weighted by atomic mass is 10.1. The van der Waals surface area contributed by atoms with Gasteiger partial charge in [0.25, 0.3) is 0 Å². The Hall–Kier alpha value is -3.65. The highest BCUT2D eigenvalue weighted by atomic mass is 35.5. The topological polar surface area (TPSA) is 81.5 Å². The van der Waals surface area contributed by atoms with Crippen LogP contribution >= 0.6 is 11.6 Å². The predicted molar refractivity (Wildman–Crippen MR) is 119 cm³/mol. The maximum absolute atomic E-state index is 12.7. The third-order valence-corrected chi connectivity index (χ3v) is 5.48. The van der Waals surface area contributed by atoms with Crippen LogP contribution in [0.2, 0.25) is 5.02 Å². The number of fused-ring (bicyclic) bond motifs is 2. The summed E-state index contributed by atoms with van der Waals surface area (Å²) in [7, 11) is 1.88. The Morgan fingerprint density at radius 3 is 3.00 bits per heavy atom. The first-order valence-corrected chi connectivity index (χ1v) is 10.3. The number of aryl methyl sites for hydroxylation is 1. The number of rotatable bonds is 7. The zero-order valence-corrected chi connectivity index (χ0v) is 17.6. The number of carbonyl (C=O) groups is 1. The van der Waals surface area contributed by atoms with Crippen molar-refractivity contribution < 1.29 is 4.79 Å². The van der Waals surface area contributed by atoms with Crippen molar-refractivity contribution in [2.45, 2.75) is 19.4 Å². The molecule has 5 heterocycles. The van der Waals surface area contributed by atoms with E-state index in [1.807, 2.05) is 58.6 Å². The summed E-state index contributed by atoms with van der Waals surface area (Å²) in [6, 6.07) is 9.57. The fourth-order valence-electron chi connectivity index (χ4n) is 3.69. The second-order valence-electron chi connectivity index (χ2n) is 7.30. The fraction of sp³-hybridized carbons (Fsp3) is 0.182. The Balaban J connectivity index is 1.27. The fourth-order valence-corrected chi connectivity index (χ4v) is 3.85. The summed E-state index contributed by atoms with van der Waals surface area (Å²) in [4.78, 5) is 21.7. The van der Waals surface area contributed by atoms with Gasteiger partial charge in [0.1, 0.15) is 11.5 Å². The lowest BCUT2D eigenvalue weighted by Gasteiger charge is -2.02. The Labute approximate surface area is 183 Å². The van der Waals surface area contributed by atoms with Crippen molar-refractivity contribution in [1.29, 1.82) is 0 Å². The van der Waals surface area contributed by atoms with Gasteiger partial charge < -0.3 is 9.72 Å². The number of halogens is 1. The van der Waals surface area contributed by atoms with Gasteiger partial charge in [-0.2, -0.15) is 5.10 Å². The summed E-state index contributed by atoms with van der Waals surface area (Å²) >= 11 is 6.09. The molecule has 5 aromatic heterocycles. The van der Waals surface area contributed by atoms with Crippen molar-refractivity contribution in [2.75, 3.05) is 12.4 Å². The van der Waals surface area contributed by atoms with E-state index in [0.717, 1.165) is 28.4 Å². The molecule has 9 heteroatoms. The van der Waals surface area contributed by atoms with Crippen molar-refractivity contribution in [1.82, 2.24) is 28.5 Å². The lowest BCUT2D eigenvalue weighted by Crippen LogP contribution is -2.02. The van der Waals surface area contributed by atoms with Gasteiger partial charge in [-0.25, -0.2) is 9.97 Å². The minimum Gasteiger partial charge on any atom is -0.374 e. The molecule has 0 amide bonds. The molecule has 0 bridgehead atoms. The van der Waals surface area contributed by atoms with Crippen LogP contribution in [-0.2, 0) is 13.0 Å². The molecule has 0 atom stereocenters. The van der Waals surface area contributed by atoms with Crippen LogP contribution in [0, 0.1) is 0 Å². The number of ketones is 1. The predicted octanol–water partition coefficient (Wildman–Crippen LogP) is 3.74. The van der Waals surface area contributed by atoms with Gasteiger partial charge in [-0.15, -0.1) is 0 Å². The van der Waals surface area contributed by atoms with E-state index < -0.39 is 0 Å². The first-order valence-electron chi connectivity index (χ1n) is 9.92. The Bertz CT molecular complexity index is 1400. The second kappa shape index (κ2) is 7.88. The van der Waals surface area contributed by atoms with Crippen LogP contribution in [0.3, 0.4) is 0 Å². The number of pyridine rings is 2. The van der Waals surface area contributed by atoms with Gasteiger partial charge in [-0.1, -0.05) is 17.7 Å². The molecule has 0 saturated carbocycles. The van der Waals surface area contributed by atoms with Crippen molar-refractivity contribution in [3.8, 4) is 0 Å². The molecule has 0 aromatic carbocycles. The Morgan fingerprint density at radius 1 is 1.23 bits per heavy atom. The molecular formula is C22H20ClN7O. The number of carbonyl (C=O) groups excluding carboxylic acids is 1. The molecule has 5 aromatic rings. The van der Waals surface area contributed by atoms with E-state index in [1.165, 1.54) is 0 Å². The minimum atomic E-state index is 0.0295. The molecule has 156 valence electrons. The van der Waals surface area contributed by atoms with Crippen LogP contribution in [0.25, 0.3) is 11.2 Å². The molecular weight excluding hydrogens is 414 g/mol. The van der Waals surface area contributed by atoms with E-state index in [1.54, 1.807) is 23.4 Å². The number of nitrogens with zero attached hydrogens (tertiary/aromatic N) is 6. The number of Topliss-reactive ketones (excluding diaryl/α,β-unsaturated/α-hetero) is 1. The molecule has 1 N–H and O–H groups in total. The Kier molecular flexibility index (Phi) is 4.91. The van der Waals surface area contributed by atoms with Gasteiger partial charge in [0.2, 0.25) is 0 Å². The lowest BCUT2D eigenvalue weighted by molar-refractivity contribution is 0.0982. The molecule has 0 saturated heterocycles. The molecule has 0 radical (unpaired) electrons. The van der Waals surface area contributed by atoms with Gasteiger partial charge in [-0.3, -0.25) is 13.9 Å². The molecule has 8 nitrogen and oxygen atoms in total. The Morgan fingerprint density at radius 2 is 2.13 bits per heavy atom. The van der Waals surface area contributed by atoms with E-state index in [0.29, 0.717) is 30.0 Å². The molecule has 0 aliphatic rings. The van der Waals surface area contributed by atoms with Gasteiger partial charge in [-0.05, 0) is 30.7 Å². The molecule has 0 aliphatic carbocycles. The largest absolute Gasteiger partial charge is 0.374 e. The van der Waals surface area contributed by atoms with E-state index in [4.69, 9.17) is 11.6 Å². The van der Waals surface area contributed by atoms with E-state index >= 15 is 0 Å². The summed E-state index contributed by atoms with van der Waals surface area (Å²) in [5.74, 6) is 0.988. The number of hydrogen-bond donors (Lipinski definition) is 1. The van der Waals surface area contributed by atoms with Gasteiger partial charge in [0, 0.05) is 37.1 Å². The first kappa shape index (κ1) is 19.3. The minimum absolute atomic E-state index is 0.0295. The number of nitrogens with one attached hydrogen (secondary N) is 1. The molecule has 31 heavy (non-hydrogen) atoms. The average molecular weight is 434 g/mol. The zero-order chi connectivity index (χ0) is 21.4. The number of anilines is 1. The number of hydrogen-bond acceptors (Lipinski definition) is 5. The number of aromatic nitrogens is 6. The number of imidazole rings is 2. The van der Waals surface area contributed by atoms with Gasteiger partial charge >= 0.3 is 0 Å². The maximum Gasteiger partial charge on any atom is 0.166 e. The SMILES string of the molecule is CNc1cccc2nc(Cn3cc(C(=O)CCc4ncn5ccc(Cl)cc45)cn3)cn12. The summed E-state index contributed by atoms with van der Waals surface area (Å²) in [5, 5.41) is 8.14. The summed E-state index contributed by atoms with van der Waals surface area (Å²) in [6.45, 7) is 0.488. The van der Waals surface area contributed by atoms with E-state index in [-0.39, 0.29) is 5.78 Å². The van der Waals surface area contributed by atoms with E-state index in [9.17, 15) is 4.79 Å². The van der Waals surface area contributed by atoms with Crippen molar-refractivity contribution >= 4 is 34.4 Å². The molecule has 5 rings (SSSR count). The van der Waals surface area contributed by atoms with Crippen LogP contribution in [0.4, 0.5) is 5.82 Å². The van der Waals surface area contributed by atoms with E-state index in [2.05, 4.69) is 20.4 Å². The highest BCUT2D eigenvalue weighted by Gasteiger charge is 2.13. The standard InChI is InChI=1S/C22H20ClN7O/c1-24-21-3-2-4-22-27-17(13-30(21)22)12-29-11-15(10-26-29)20(31)6-5-18-19-9-16(23)7-8-28(19)14-25-18/h2-4,7-11,13-14,24H,5-6,12H2,1H3. The third kappa shape index (κ3) is 3.77. The summed E-state index contributed by atoms with van der Waals surface area (Å²) in [5.41, 5.74) is 4.09. The maximum atomic E-state index is 12.7. The molecule has 0 aliphatic heterocycles. The van der Waals surface area contributed by atoms with Crippen LogP contribution in [0.15, 0.2) is 61.4 Å². The quantitative estimate of drug-likeness (QED) is 0.395. The normalized spacial score (nSPS) is 11.4.